The van der Waals surface area contributed by atoms with Gasteiger partial charge < -0.3 is 10.1 Å². The molecule has 1 N–H and O–H groups in total. The summed E-state index contributed by atoms with van der Waals surface area (Å²) in [5.74, 6) is 0. The highest BCUT2D eigenvalue weighted by Gasteiger charge is 2.28. The van der Waals surface area contributed by atoms with Gasteiger partial charge in [0, 0.05) is 22.9 Å². The van der Waals surface area contributed by atoms with Crippen LogP contribution in [0.15, 0.2) is 58.3 Å². The largest absolute Gasteiger partial charge is 0.376 e. The van der Waals surface area contributed by atoms with E-state index in [-0.39, 0.29) is 12.1 Å². The molecule has 2 aliphatic heterocycles. The van der Waals surface area contributed by atoms with Crippen LogP contribution in [0.3, 0.4) is 0 Å². The molecule has 1 fully saturated rings. The molecule has 5 heteroatoms. The Morgan fingerprint density at radius 2 is 1.78 bits per heavy atom. The molecule has 23 heavy (non-hydrogen) atoms. The smallest absolute Gasteiger partial charge is 0.326 e. The number of benzene rings is 2. The van der Waals surface area contributed by atoms with Crippen LogP contribution >= 0.6 is 11.8 Å². The van der Waals surface area contributed by atoms with Gasteiger partial charge in [-0.05, 0) is 37.1 Å². The number of carbonyl (C=O) groups excluding carboxylic acids is 1. The number of para-hydroxylation sites is 2. The summed E-state index contributed by atoms with van der Waals surface area (Å²) in [6.45, 7) is 1.36. The van der Waals surface area contributed by atoms with Gasteiger partial charge in [-0.1, -0.05) is 36.0 Å². The molecule has 0 radical (unpaired) electrons. The number of rotatable bonds is 2. The Bertz CT molecular complexity index is 683. The molecule has 4 nitrogen and oxygen atoms in total. The minimum atomic E-state index is -0.0966. The first-order valence-corrected chi connectivity index (χ1v) is 8.70. The van der Waals surface area contributed by atoms with Crippen molar-refractivity contribution in [2.45, 2.75) is 28.7 Å². The Kier molecular flexibility index (Phi) is 3.97. The fourth-order valence-corrected chi connectivity index (χ4v) is 4.07. The first-order valence-electron chi connectivity index (χ1n) is 7.88. The average molecular weight is 326 g/mol. The maximum Gasteiger partial charge on any atom is 0.326 e. The Labute approximate surface area is 139 Å². The van der Waals surface area contributed by atoms with Crippen molar-refractivity contribution in [3.05, 3.63) is 48.5 Å². The fraction of sp³-hybridized carbons (Fsp3) is 0.278. The van der Waals surface area contributed by atoms with Crippen LogP contribution in [0.25, 0.3) is 0 Å². The number of hydrogen-bond acceptors (Lipinski definition) is 3. The van der Waals surface area contributed by atoms with E-state index in [1.807, 2.05) is 36.4 Å². The van der Waals surface area contributed by atoms with Crippen molar-refractivity contribution in [2.24, 2.45) is 0 Å². The summed E-state index contributed by atoms with van der Waals surface area (Å²) in [5, 5.41) is 3.03. The van der Waals surface area contributed by atoms with Gasteiger partial charge in [-0.25, -0.2) is 4.79 Å². The predicted molar refractivity (Wildman–Crippen MR) is 91.5 cm³/mol. The van der Waals surface area contributed by atoms with E-state index in [1.54, 1.807) is 16.7 Å². The highest BCUT2D eigenvalue weighted by Crippen LogP contribution is 2.47. The molecule has 2 amide bonds. The molecule has 2 aromatic carbocycles. The van der Waals surface area contributed by atoms with Gasteiger partial charge in [0.25, 0.3) is 0 Å². The monoisotopic (exact) mass is 326 g/mol. The molecule has 2 aliphatic rings. The lowest BCUT2D eigenvalue weighted by atomic mass is 10.2. The predicted octanol–water partition coefficient (Wildman–Crippen LogP) is 4.18. The van der Waals surface area contributed by atoms with Crippen LogP contribution in [-0.2, 0) is 4.74 Å². The molecule has 2 aromatic rings. The van der Waals surface area contributed by atoms with Crippen molar-refractivity contribution in [3.8, 4) is 0 Å². The first kappa shape index (κ1) is 14.6. The first-order chi connectivity index (χ1) is 11.3. The maximum absolute atomic E-state index is 12.8. The van der Waals surface area contributed by atoms with E-state index in [4.69, 9.17) is 4.74 Å². The van der Waals surface area contributed by atoms with Crippen LogP contribution in [0.4, 0.5) is 16.2 Å². The van der Waals surface area contributed by atoms with Gasteiger partial charge in [-0.15, -0.1) is 0 Å². The molecule has 0 aromatic heterocycles. The summed E-state index contributed by atoms with van der Waals surface area (Å²) in [6.07, 6.45) is 2.24. The number of carbonyl (C=O) groups is 1. The number of urea groups is 1. The second kappa shape index (κ2) is 6.26. The Morgan fingerprint density at radius 1 is 1.13 bits per heavy atom. The number of ether oxygens (including phenoxy) is 1. The molecule has 2 heterocycles. The number of hydrogen-bond donors (Lipinski definition) is 1. The quantitative estimate of drug-likeness (QED) is 0.900. The van der Waals surface area contributed by atoms with E-state index >= 15 is 0 Å². The van der Waals surface area contributed by atoms with Crippen LogP contribution in [0, 0.1) is 0 Å². The van der Waals surface area contributed by atoms with E-state index < -0.39 is 0 Å². The number of nitrogens with one attached hydrogen (secondary N) is 1. The van der Waals surface area contributed by atoms with Crippen molar-refractivity contribution >= 4 is 29.2 Å². The van der Waals surface area contributed by atoms with Crippen molar-refractivity contribution < 1.29 is 9.53 Å². The van der Waals surface area contributed by atoms with E-state index in [1.165, 1.54) is 0 Å². The molecule has 0 aliphatic carbocycles. The van der Waals surface area contributed by atoms with Gasteiger partial charge in [-0.2, -0.15) is 0 Å². The van der Waals surface area contributed by atoms with E-state index in [0.717, 1.165) is 40.6 Å². The summed E-state index contributed by atoms with van der Waals surface area (Å²) in [6, 6.07) is 15.9. The Hall–Kier alpha value is -1.98. The molecule has 0 spiro atoms. The summed E-state index contributed by atoms with van der Waals surface area (Å²) in [7, 11) is 0. The van der Waals surface area contributed by atoms with Crippen LogP contribution in [0.1, 0.15) is 12.8 Å². The SMILES string of the molecule is O=C(NC[C@H]1CCCO1)N1c2ccccc2Sc2ccccc21. The number of nitrogens with zero attached hydrogens (tertiary/aromatic N) is 1. The van der Waals surface area contributed by atoms with Gasteiger partial charge in [-0.3, -0.25) is 4.90 Å². The maximum atomic E-state index is 12.8. The zero-order valence-corrected chi connectivity index (χ0v) is 13.5. The molecule has 4 rings (SSSR count). The molecule has 1 atom stereocenters. The Morgan fingerprint density at radius 3 is 2.39 bits per heavy atom. The van der Waals surface area contributed by atoms with Crippen molar-refractivity contribution in [3.63, 3.8) is 0 Å². The topological polar surface area (TPSA) is 41.6 Å². The highest BCUT2D eigenvalue weighted by molar-refractivity contribution is 7.99. The molecule has 0 unspecified atom stereocenters. The second-order valence-electron chi connectivity index (χ2n) is 5.69. The highest BCUT2D eigenvalue weighted by atomic mass is 32.2. The molecule has 1 saturated heterocycles. The summed E-state index contributed by atoms with van der Waals surface area (Å²) >= 11 is 1.70. The average Bonchev–Trinajstić information content (AvgIpc) is 3.11. The van der Waals surface area contributed by atoms with Crippen LogP contribution in [0.2, 0.25) is 0 Å². The van der Waals surface area contributed by atoms with Crippen LogP contribution in [-0.4, -0.2) is 25.3 Å². The number of fused-ring (bicyclic) bond motifs is 2. The lowest BCUT2D eigenvalue weighted by Crippen LogP contribution is -2.41. The van der Waals surface area contributed by atoms with Crippen molar-refractivity contribution in [2.75, 3.05) is 18.1 Å². The third kappa shape index (κ3) is 2.82. The van der Waals surface area contributed by atoms with Crippen LogP contribution < -0.4 is 10.2 Å². The standard InChI is InChI=1S/C18H18N2O2S/c21-18(19-12-13-6-5-11-22-13)20-14-7-1-3-9-16(14)23-17-10-4-2-8-15(17)20/h1-4,7-10,13H,5-6,11-12H2,(H,19,21)/t13-/m1/s1. The Balaban J connectivity index is 1.62. The molecule has 0 bridgehead atoms. The fourth-order valence-electron chi connectivity index (χ4n) is 3.01. The normalized spacial score (nSPS) is 19.1. The molecular weight excluding hydrogens is 308 g/mol. The van der Waals surface area contributed by atoms with E-state index in [2.05, 4.69) is 17.4 Å². The van der Waals surface area contributed by atoms with Gasteiger partial charge in [0.1, 0.15) is 0 Å². The summed E-state index contributed by atoms with van der Waals surface area (Å²) in [5.41, 5.74) is 1.86. The van der Waals surface area contributed by atoms with Gasteiger partial charge in [0.2, 0.25) is 0 Å². The second-order valence-corrected chi connectivity index (χ2v) is 6.78. The molecule has 0 saturated carbocycles. The van der Waals surface area contributed by atoms with Crippen molar-refractivity contribution in [1.82, 2.24) is 5.32 Å². The van der Waals surface area contributed by atoms with E-state index in [9.17, 15) is 4.79 Å². The summed E-state index contributed by atoms with van der Waals surface area (Å²) < 4.78 is 5.59. The zero-order valence-electron chi connectivity index (χ0n) is 12.7. The van der Waals surface area contributed by atoms with Gasteiger partial charge >= 0.3 is 6.03 Å². The minimum absolute atomic E-state index is 0.0966. The van der Waals surface area contributed by atoms with E-state index in [0.29, 0.717) is 6.54 Å². The lowest BCUT2D eigenvalue weighted by molar-refractivity contribution is 0.112. The third-order valence-electron chi connectivity index (χ3n) is 4.14. The van der Waals surface area contributed by atoms with Crippen molar-refractivity contribution in [1.29, 1.82) is 0 Å². The number of amides is 2. The molecule has 118 valence electrons. The lowest BCUT2D eigenvalue weighted by Gasteiger charge is -2.31. The zero-order chi connectivity index (χ0) is 15.6. The van der Waals surface area contributed by atoms with Crippen LogP contribution in [0.5, 0.6) is 0 Å². The van der Waals surface area contributed by atoms with Gasteiger partial charge in [0.15, 0.2) is 0 Å². The third-order valence-corrected chi connectivity index (χ3v) is 5.27. The summed E-state index contributed by atoms with van der Waals surface area (Å²) in [4.78, 5) is 16.8. The molecular formula is C18H18N2O2S. The van der Waals surface area contributed by atoms with Gasteiger partial charge in [0.05, 0.1) is 17.5 Å². The number of anilines is 2. The minimum Gasteiger partial charge on any atom is -0.376 e.